The quantitative estimate of drug-likeness (QED) is 0.748. The molecule has 0 aromatic heterocycles. The van der Waals surface area contributed by atoms with Gasteiger partial charge in [0, 0.05) is 17.6 Å². The van der Waals surface area contributed by atoms with E-state index in [9.17, 15) is 8.42 Å². The van der Waals surface area contributed by atoms with E-state index in [2.05, 4.69) is 26.0 Å². The van der Waals surface area contributed by atoms with Crippen molar-refractivity contribution < 1.29 is 8.42 Å². The number of likely N-dealkylation sites (N-methyl/N-ethyl adjacent to an activating group) is 1. The average molecular weight is 369 g/mol. The summed E-state index contributed by atoms with van der Waals surface area (Å²) < 4.78 is 26.9. The maximum atomic E-state index is 11.9. The van der Waals surface area contributed by atoms with Gasteiger partial charge >= 0.3 is 0 Å². The Hall–Kier alpha value is -0.650. The van der Waals surface area contributed by atoms with E-state index >= 15 is 0 Å². The number of hydrogen-bond donors (Lipinski definition) is 2. The van der Waals surface area contributed by atoms with Crippen LogP contribution in [0.15, 0.2) is 27.6 Å². The summed E-state index contributed by atoms with van der Waals surface area (Å²) in [5.41, 5.74) is 0.302. The molecule has 0 bridgehead atoms. The molecule has 106 valence electrons. The summed E-state index contributed by atoms with van der Waals surface area (Å²) in [5, 5.41) is 11.8. The fourth-order valence-electron chi connectivity index (χ4n) is 1.32. The summed E-state index contributed by atoms with van der Waals surface area (Å²) >= 11 is 3.18. The van der Waals surface area contributed by atoms with E-state index in [1.165, 1.54) is 12.1 Å². The molecule has 1 aromatic rings. The third kappa shape index (κ3) is 5.89. The van der Waals surface area contributed by atoms with Crippen LogP contribution in [-0.4, -0.2) is 28.1 Å². The van der Waals surface area contributed by atoms with Gasteiger partial charge in [0.2, 0.25) is 10.0 Å². The number of nitriles is 1. The second-order valence-corrected chi connectivity index (χ2v) is 6.22. The predicted octanol–water partition coefficient (Wildman–Crippen LogP) is 1.63. The van der Waals surface area contributed by atoms with Gasteiger partial charge in [-0.1, -0.05) is 22.9 Å². The van der Waals surface area contributed by atoms with Crippen LogP contribution in [0, 0.1) is 11.3 Å². The van der Waals surface area contributed by atoms with Crippen LogP contribution in [0.3, 0.4) is 0 Å². The van der Waals surface area contributed by atoms with Gasteiger partial charge in [0.05, 0.1) is 16.5 Å². The first kappa shape index (κ1) is 18.4. The Morgan fingerprint density at radius 3 is 2.58 bits per heavy atom. The monoisotopic (exact) mass is 367 g/mol. The lowest BCUT2D eigenvalue weighted by molar-refractivity contribution is 0.577. The lowest BCUT2D eigenvalue weighted by atomic mass is 10.2. The summed E-state index contributed by atoms with van der Waals surface area (Å²) in [6, 6.07) is 6.31. The van der Waals surface area contributed by atoms with Crippen molar-refractivity contribution in [1.82, 2.24) is 10.0 Å². The van der Waals surface area contributed by atoms with Gasteiger partial charge in [-0.15, -0.1) is 12.4 Å². The molecule has 5 nitrogen and oxygen atoms in total. The first-order chi connectivity index (χ1) is 8.49. The number of halogens is 2. The van der Waals surface area contributed by atoms with E-state index in [1.54, 1.807) is 6.07 Å². The number of nitrogens with zero attached hydrogens (tertiary/aromatic N) is 1. The molecule has 8 heteroatoms. The molecule has 1 aromatic carbocycles. The van der Waals surface area contributed by atoms with Crippen LogP contribution >= 0.6 is 28.3 Å². The van der Waals surface area contributed by atoms with E-state index in [1.807, 2.05) is 13.0 Å². The molecule has 19 heavy (non-hydrogen) atoms. The fraction of sp³-hybridized carbons (Fsp3) is 0.364. The molecule has 0 saturated heterocycles. The first-order valence-corrected chi connectivity index (χ1v) is 7.68. The smallest absolute Gasteiger partial charge is 0.240 e. The van der Waals surface area contributed by atoms with Crippen molar-refractivity contribution in [1.29, 1.82) is 5.26 Å². The average Bonchev–Trinajstić information content (AvgIpc) is 2.34. The molecule has 1 rings (SSSR count). The van der Waals surface area contributed by atoms with Crippen LogP contribution in [0.5, 0.6) is 0 Å². The van der Waals surface area contributed by atoms with Crippen LogP contribution in [0.2, 0.25) is 0 Å². The molecule has 0 aliphatic rings. The standard InChI is InChI=1S/C11H14BrN3O2S.ClH/c1-2-14-3-4-15-18(16,17)11-6-9(8-13)5-10(12)7-11;/h5-7,14-15H,2-4H2,1H3;1H. The van der Waals surface area contributed by atoms with Crippen molar-refractivity contribution in [2.45, 2.75) is 11.8 Å². The fourth-order valence-corrected chi connectivity index (χ4v) is 3.06. The van der Waals surface area contributed by atoms with Gasteiger partial charge in [-0.25, -0.2) is 13.1 Å². The highest BCUT2D eigenvalue weighted by Gasteiger charge is 2.14. The molecule has 0 spiro atoms. The Balaban J connectivity index is 0.00000324. The summed E-state index contributed by atoms with van der Waals surface area (Å²) in [5.74, 6) is 0. The van der Waals surface area contributed by atoms with Gasteiger partial charge in [-0.2, -0.15) is 5.26 Å². The van der Waals surface area contributed by atoms with Gasteiger partial charge in [-0.3, -0.25) is 0 Å². The third-order valence-corrected chi connectivity index (χ3v) is 4.05. The molecule has 2 N–H and O–H groups in total. The summed E-state index contributed by atoms with van der Waals surface area (Å²) in [6.45, 7) is 3.61. The number of rotatable bonds is 6. The van der Waals surface area contributed by atoms with Gasteiger partial charge in [0.25, 0.3) is 0 Å². The third-order valence-electron chi connectivity index (χ3n) is 2.15. The minimum Gasteiger partial charge on any atom is -0.316 e. The lowest BCUT2D eigenvalue weighted by Gasteiger charge is -2.07. The van der Waals surface area contributed by atoms with Crippen molar-refractivity contribution in [3.05, 3.63) is 28.2 Å². The topological polar surface area (TPSA) is 82.0 Å². The molecule has 0 aliphatic heterocycles. The molecule has 0 unspecified atom stereocenters. The highest BCUT2D eigenvalue weighted by molar-refractivity contribution is 9.10. The maximum absolute atomic E-state index is 11.9. The second kappa shape index (κ2) is 8.51. The SMILES string of the molecule is CCNCCNS(=O)(=O)c1cc(Br)cc(C#N)c1.Cl. The van der Waals surface area contributed by atoms with Crippen molar-refractivity contribution in [3.63, 3.8) is 0 Å². The van der Waals surface area contributed by atoms with Crippen LogP contribution in [0.4, 0.5) is 0 Å². The van der Waals surface area contributed by atoms with E-state index < -0.39 is 10.0 Å². The Morgan fingerprint density at radius 1 is 1.32 bits per heavy atom. The Morgan fingerprint density at radius 2 is 2.00 bits per heavy atom. The van der Waals surface area contributed by atoms with E-state index in [4.69, 9.17) is 5.26 Å². The Bertz CT molecular complexity index is 558. The highest BCUT2D eigenvalue weighted by Crippen LogP contribution is 2.18. The van der Waals surface area contributed by atoms with E-state index in [-0.39, 0.29) is 17.3 Å². The first-order valence-electron chi connectivity index (χ1n) is 5.40. The molecule has 0 radical (unpaired) electrons. The molecular formula is C11H15BrClN3O2S. The zero-order valence-electron chi connectivity index (χ0n) is 10.3. The van der Waals surface area contributed by atoms with Crippen molar-refractivity contribution in [2.24, 2.45) is 0 Å². The van der Waals surface area contributed by atoms with Gasteiger partial charge in [0.15, 0.2) is 0 Å². The number of sulfonamides is 1. The van der Waals surface area contributed by atoms with Crippen LogP contribution in [0.25, 0.3) is 0 Å². The normalized spacial score (nSPS) is 10.6. The summed E-state index contributed by atoms with van der Waals surface area (Å²) in [6.07, 6.45) is 0. The number of nitrogens with one attached hydrogen (secondary N) is 2. The lowest BCUT2D eigenvalue weighted by Crippen LogP contribution is -2.31. The Labute approximate surface area is 128 Å². The zero-order valence-corrected chi connectivity index (χ0v) is 13.5. The number of benzene rings is 1. The molecule has 0 saturated carbocycles. The van der Waals surface area contributed by atoms with Gasteiger partial charge in [-0.05, 0) is 24.7 Å². The molecule has 0 aliphatic carbocycles. The molecule has 0 atom stereocenters. The minimum atomic E-state index is -3.57. The summed E-state index contributed by atoms with van der Waals surface area (Å²) in [4.78, 5) is 0.0879. The number of hydrogen-bond acceptors (Lipinski definition) is 4. The van der Waals surface area contributed by atoms with Crippen LogP contribution < -0.4 is 10.0 Å². The van der Waals surface area contributed by atoms with Crippen molar-refractivity contribution in [3.8, 4) is 6.07 Å². The van der Waals surface area contributed by atoms with E-state index in [0.717, 1.165) is 6.54 Å². The predicted molar refractivity (Wildman–Crippen MR) is 79.8 cm³/mol. The van der Waals surface area contributed by atoms with Crippen LogP contribution in [-0.2, 0) is 10.0 Å². The zero-order chi connectivity index (χ0) is 13.6. The van der Waals surface area contributed by atoms with Crippen molar-refractivity contribution in [2.75, 3.05) is 19.6 Å². The summed E-state index contributed by atoms with van der Waals surface area (Å²) in [7, 11) is -3.57. The second-order valence-electron chi connectivity index (χ2n) is 3.54. The van der Waals surface area contributed by atoms with E-state index in [0.29, 0.717) is 23.1 Å². The van der Waals surface area contributed by atoms with Gasteiger partial charge < -0.3 is 5.32 Å². The highest BCUT2D eigenvalue weighted by atomic mass is 79.9. The molecular weight excluding hydrogens is 354 g/mol. The minimum absolute atomic E-state index is 0. The largest absolute Gasteiger partial charge is 0.316 e. The van der Waals surface area contributed by atoms with Gasteiger partial charge in [0.1, 0.15) is 0 Å². The van der Waals surface area contributed by atoms with Crippen LogP contribution in [0.1, 0.15) is 12.5 Å². The molecule has 0 fully saturated rings. The Kier molecular flexibility index (Phi) is 8.22. The molecule has 0 heterocycles. The van der Waals surface area contributed by atoms with Crippen molar-refractivity contribution >= 4 is 38.4 Å². The maximum Gasteiger partial charge on any atom is 0.240 e. The molecule has 0 amide bonds.